The Morgan fingerprint density at radius 1 is 1.19 bits per heavy atom. The van der Waals surface area contributed by atoms with Crippen LogP contribution in [-0.4, -0.2) is 13.7 Å². The van der Waals surface area contributed by atoms with Crippen molar-refractivity contribution < 1.29 is 13.9 Å². The maximum absolute atomic E-state index is 13.3. The molecule has 0 amide bonds. The Bertz CT molecular complexity index is 619. The first kappa shape index (κ1) is 15.5. The number of halogens is 1. The fourth-order valence-corrected chi connectivity index (χ4v) is 2.88. The molecule has 3 nitrogen and oxygen atoms in total. The van der Waals surface area contributed by atoms with Gasteiger partial charge in [-0.2, -0.15) is 0 Å². The number of methoxy groups -OCH3 is 1. The van der Waals surface area contributed by atoms with Crippen LogP contribution >= 0.6 is 11.8 Å². The molecule has 2 N–H and O–H groups in total. The molecule has 0 saturated carbocycles. The first-order valence-corrected chi connectivity index (χ1v) is 7.60. The summed E-state index contributed by atoms with van der Waals surface area (Å²) in [5.74, 6) is 1.74. The first-order chi connectivity index (χ1) is 10.1. The number of anilines is 1. The summed E-state index contributed by atoms with van der Waals surface area (Å²) in [5, 5.41) is 0. The third-order valence-corrected chi connectivity index (χ3v) is 4.04. The normalized spacial score (nSPS) is 10.4. The van der Waals surface area contributed by atoms with Crippen LogP contribution in [0.2, 0.25) is 0 Å². The van der Waals surface area contributed by atoms with Crippen LogP contribution in [0.1, 0.15) is 12.5 Å². The van der Waals surface area contributed by atoms with E-state index in [4.69, 9.17) is 15.2 Å². The second kappa shape index (κ2) is 7.22. The second-order valence-corrected chi connectivity index (χ2v) is 5.39. The van der Waals surface area contributed by atoms with Crippen LogP contribution in [0.5, 0.6) is 11.5 Å². The summed E-state index contributed by atoms with van der Waals surface area (Å²) in [4.78, 5) is 0.910. The van der Waals surface area contributed by atoms with Gasteiger partial charge in [0.1, 0.15) is 17.3 Å². The number of rotatable bonds is 6. The molecule has 0 atom stereocenters. The molecular formula is C16H18FNO2S. The zero-order valence-electron chi connectivity index (χ0n) is 12.1. The highest BCUT2D eigenvalue weighted by Crippen LogP contribution is 2.33. The van der Waals surface area contributed by atoms with E-state index >= 15 is 0 Å². The summed E-state index contributed by atoms with van der Waals surface area (Å²) < 4.78 is 24.1. The molecule has 0 heterocycles. The van der Waals surface area contributed by atoms with Crippen LogP contribution in [0.25, 0.3) is 0 Å². The van der Waals surface area contributed by atoms with Crippen LogP contribution in [0.3, 0.4) is 0 Å². The van der Waals surface area contributed by atoms with Gasteiger partial charge < -0.3 is 15.2 Å². The second-order valence-electron chi connectivity index (χ2n) is 4.38. The molecule has 112 valence electrons. The molecule has 0 radical (unpaired) electrons. The molecule has 0 aliphatic heterocycles. The third-order valence-electron chi connectivity index (χ3n) is 2.92. The summed E-state index contributed by atoms with van der Waals surface area (Å²) >= 11 is 1.53. The van der Waals surface area contributed by atoms with Crippen LogP contribution < -0.4 is 15.2 Å². The number of benzene rings is 2. The van der Waals surface area contributed by atoms with Crippen molar-refractivity contribution in [2.45, 2.75) is 17.6 Å². The van der Waals surface area contributed by atoms with E-state index in [9.17, 15) is 4.39 Å². The lowest BCUT2D eigenvalue weighted by molar-refractivity contribution is 0.339. The monoisotopic (exact) mass is 307 g/mol. The number of ether oxygens (including phenoxy) is 2. The lowest BCUT2D eigenvalue weighted by Gasteiger charge is -2.11. The fraction of sp³-hybridized carbons (Fsp3) is 0.250. The van der Waals surface area contributed by atoms with Crippen molar-refractivity contribution in [1.82, 2.24) is 0 Å². The van der Waals surface area contributed by atoms with E-state index in [2.05, 4.69) is 0 Å². The Hall–Kier alpha value is -1.88. The zero-order valence-corrected chi connectivity index (χ0v) is 12.9. The van der Waals surface area contributed by atoms with E-state index < -0.39 is 0 Å². The Balaban J connectivity index is 2.16. The predicted octanol–water partition coefficient (Wildman–Crippen LogP) is 4.11. The van der Waals surface area contributed by atoms with Crippen LogP contribution in [0, 0.1) is 5.82 Å². The lowest BCUT2D eigenvalue weighted by Crippen LogP contribution is -1.95. The van der Waals surface area contributed by atoms with Crippen LogP contribution in [0.4, 0.5) is 10.1 Å². The zero-order chi connectivity index (χ0) is 15.2. The molecule has 0 bridgehead atoms. The Morgan fingerprint density at radius 3 is 2.71 bits per heavy atom. The van der Waals surface area contributed by atoms with Gasteiger partial charge in [-0.15, -0.1) is 11.8 Å². The van der Waals surface area contributed by atoms with Gasteiger partial charge in [-0.3, -0.25) is 0 Å². The standard InChI is InChI=1S/C16H18FNO2S/c1-3-20-13-5-6-14(18)16(9-13)21-10-11-8-12(17)4-7-15(11)19-2/h4-9H,3,10,18H2,1-2H3. The molecule has 0 aromatic heterocycles. The van der Waals surface area contributed by atoms with Gasteiger partial charge in [-0.05, 0) is 43.3 Å². The van der Waals surface area contributed by atoms with E-state index in [0.717, 1.165) is 16.2 Å². The average molecular weight is 307 g/mol. The highest BCUT2D eigenvalue weighted by atomic mass is 32.2. The molecule has 0 aliphatic rings. The molecule has 0 fully saturated rings. The predicted molar refractivity (Wildman–Crippen MR) is 84.5 cm³/mol. The Labute approximate surface area is 128 Å². The van der Waals surface area contributed by atoms with Gasteiger partial charge in [0.05, 0.1) is 13.7 Å². The van der Waals surface area contributed by atoms with Crippen molar-refractivity contribution >= 4 is 17.4 Å². The van der Waals surface area contributed by atoms with Gasteiger partial charge in [0.2, 0.25) is 0 Å². The summed E-state index contributed by atoms with van der Waals surface area (Å²) in [6.45, 7) is 2.53. The van der Waals surface area contributed by atoms with E-state index in [1.165, 1.54) is 23.9 Å². The van der Waals surface area contributed by atoms with Crippen LogP contribution in [-0.2, 0) is 5.75 Å². The van der Waals surface area contributed by atoms with Gasteiger partial charge in [0, 0.05) is 21.9 Å². The SMILES string of the molecule is CCOc1ccc(N)c(SCc2cc(F)ccc2OC)c1. The minimum Gasteiger partial charge on any atom is -0.496 e. The molecule has 0 spiro atoms. The van der Waals surface area contributed by atoms with E-state index in [0.29, 0.717) is 23.8 Å². The minimum atomic E-state index is -0.276. The number of nitrogen functional groups attached to an aromatic ring is 1. The molecular weight excluding hydrogens is 289 g/mol. The van der Waals surface area contributed by atoms with Crippen molar-refractivity contribution in [2.75, 3.05) is 19.5 Å². The number of nitrogens with two attached hydrogens (primary N) is 1. The molecule has 0 aliphatic carbocycles. The quantitative estimate of drug-likeness (QED) is 0.644. The fourth-order valence-electron chi connectivity index (χ4n) is 1.91. The molecule has 0 unspecified atom stereocenters. The summed E-state index contributed by atoms with van der Waals surface area (Å²) in [6.07, 6.45) is 0. The molecule has 2 aromatic rings. The maximum Gasteiger partial charge on any atom is 0.123 e. The maximum atomic E-state index is 13.3. The van der Waals surface area contributed by atoms with Crippen molar-refractivity contribution in [2.24, 2.45) is 0 Å². The van der Waals surface area contributed by atoms with Crippen molar-refractivity contribution in [3.05, 3.63) is 47.8 Å². The number of hydrogen-bond donors (Lipinski definition) is 1. The Kier molecular flexibility index (Phi) is 5.33. The Morgan fingerprint density at radius 2 is 2.00 bits per heavy atom. The average Bonchev–Trinajstić information content (AvgIpc) is 2.48. The molecule has 2 rings (SSSR count). The minimum absolute atomic E-state index is 0.276. The van der Waals surface area contributed by atoms with Gasteiger partial charge in [-0.1, -0.05) is 0 Å². The smallest absolute Gasteiger partial charge is 0.123 e. The van der Waals surface area contributed by atoms with Gasteiger partial charge in [0.25, 0.3) is 0 Å². The molecule has 5 heteroatoms. The molecule has 0 saturated heterocycles. The molecule has 2 aromatic carbocycles. The molecule has 21 heavy (non-hydrogen) atoms. The largest absolute Gasteiger partial charge is 0.496 e. The summed E-state index contributed by atoms with van der Waals surface area (Å²) in [6, 6.07) is 10.0. The summed E-state index contributed by atoms with van der Waals surface area (Å²) in [5.41, 5.74) is 7.44. The van der Waals surface area contributed by atoms with E-state index in [1.54, 1.807) is 13.2 Å². The lowest BCUT2D eigenvalue weighted by atomic mass is 10.2. The first-order valence-electron chi connectivity index (χ1n) is 6.61. The van der Waals surface area contributed by atoms with Crippen molar-refractivity contribution in [3.8, 4) is 11.5 Å². The highest BCUT2D eigenvalue weighted by molar-refractivity contribution is 7.98. The number of thioether (sulfide) groups is 1. The van der Waals surface area contributed by atoms with E-state index in [-0.39, 0.29) is 5.82 Å². The number of hydrogen-bond acceptors (Lipinski definition) is 4. The van der Waals surface area contributed by atoms with Crippen molar-refractivity contribution in [1.29, 1.82) is 0 Å². The van der Waals surface area contributed by atoms with Gasteiger partial charge >= 0.3 is 0 Å². The highest BCUT2D eigenvalue weighted by Gasteiger charge is 2.08. The van der Waals surface area contributed by atoms with Crippen molar-refractivity contribution in [3.63, 3.8) is 0 Å². The van der Waals surface area contributed by atoms with Gasteiger partial charge in [0.15, 0.2) is 0 Å². The summed E-state index contributed by atoms with van der Waals surface area (Å²) in [7, 11) is 1.57. The van der Waals surface area contributed by atoms with Crippen LogP contribution in [0.15, 0.2) is 41.3 Å². The topological polar surface area (TPSA) is 44.5 Å². The third kappa shape index (κ3) is 4.04. The van der Waals surface area contributed by atoms with Gasteiger partial charge in [-0.25, -0.2) is 4.39 Å². The van der Waals surface area contributed by atoms with E-state index in [1.807, 2.05) is 25.1 Å².